The summed E-state index contributed by atoms with van der Waals surface area (Å²) in [4.78, 5) is 0. The molecule has 0 radical (unpaired) electrons. The molecule has 1 aromatic heterocycles. The molecule has 7 heteroatoms. The topological polar surface area (TPSA) is 72.0 Å². The van der Waals surface area contributed by atoms with Crippen LogP contribution in [-0.4, -0.2) is 15.3 Å². The van der Waals surface area contributed by atoms with Crippen molar-refractivity contribution in [3.05, 3.63) is 34.9 Å². The predicted octanol–water partition coefficient (Wildman–Crippen LogP) is 5.38. The molecule has 0 amide bonds. The molecule has 0 bridgehead atoms. The Morgan fingerprint density at radius 2 is 1.81 bits per heavy atom. The predicted molar refractivity (Wildman–Crippen MR) is 100 cm³/mol. The highest BCUT2D eigenvalue weighted by atomic mass is 19.4. The summed E-state index contributed by atoms with van der Waals surface area (Å²) in [5.74, 6) is -0.0212. The van der Waals surface area contributed by atoms with Crippen molar-refractivity contribution in [3.63, 3.8) is 0 Å². The molecule has 0 aliphatic carbocycles. The Labute approximate surface area is 157 Å². The number of halogens is 3. The second-order valence-corrected chi connectivity index (χ2v) is 6.99. The molecule has 0 saturated heterocycles. The molecule has 2 rings (SSSR count). The Balaban J connectivity index is 2.68. The zero-order valence-electron chi connectivity index (χ0n) is 15.9. The monoisotopic (exact) mass is 381 g/mol. The first-order valence-corrected chi connectivity index (χ1v) is 9.22. The molecule has 0 aliphatic heterocycles. The number of aryl methyl sites for hydroxylation is 1. The van der Waals surface area contributed by atoms with Crippen LogP contribution in [-0.2, 0) is 19.0 Å². The van der Waals surface area contributed by atoms with Crippen molar-refractivity contribution >= 4 is 5.82 Å². The molecule has 0 spiro atoms. The maximum atomic E-state index is 13.2. The van der Waals surface area contributed by atoms with Crippen molar-refractivity contribution in [3.8, 4) is 17.0 Å². The number of alkyl halides is 3. The van der Waals surface area contributed by atoms with Crippen LogP contribution in [0.1, 0.15) is 56.7 Å². The van der Waals surface area contributed by atoms with Gasteiger partial charge in [0.25, 0.3) is 0 Å². The average molecular weight is 381 g/mol. The first-order chi connectivity index (χ1) is 12.7. The Morgan fingerprint density at radius 3 is 2.41 bits per heavy atom. The molecule has 4 nitrogen and oxygen atoms in total. The van der Waals surface area contributed by atoms with Gasteiger partial charge >= 0.3 is 6.18 Å². The number of hydrogen-bond acceptors (Lipinski definition) is 4. The molecule has 2 aromatic rings. The van der Waals surface area contributed by atoms with E-state index < -0.39 is 17.5 Å². The maximum absolute atomic E-state index is 13.2. The fraction of sp³-hybridized carbons (Fsp3) is 0.500. The van der Waals surface area contributed by atoms with E-state index in [0.717, 1.165) is 37.0 Å². The second kappa shape index (κ2) is 8.59. The molecule has 0 saturated carbocycles. The Bertz CT molecular complexity index is 791. The lowest BCUT2D eigenvalue weighted by atomic mass is 9.89. The van der Waals surface area contributed by atoms with Gasteiger partial charge in [0.1, 0.15) is 17.3 Å². The summed E-state index contributed by atoms with van der Waals surface area (Å²) in [7, 11) is 0. The Kier molecular flexibility index (Phi) is 6.68. The highest BCUT2D eigenvalue weighted by Crippen LogP contribution is 2.41. The van der Waals surface area contributed by atoms with E-state index in [2.05, 4.69) is 10.2 Å². The number of anilines is 1. The number of hydrogen-bond donors (Lipinski definition) is 2. The van der Waals surface area contributed by atoms with Gasteiger partial charge in [-0.05, 0) is 54.5 Å². The molecule has 1 heterocycles. The van der Waals surface area contributed by atoms with Crippen molar-refractivity contribution in [2.75, 3.05) is 5.73 Å². The van der Waals surface area contributed by atoms with Crippen LogP contribution in [0.3, 0.4) is 0 Å². The van der Waals surface area contributed by atoms with Gasteiger partial charge in [0.05, 0.1) is 5.56 Å². The number of nitrogens with zero attached hydrogens (tertiary/aromatic N) is 2. The minimum Gasteiger partial charge on any atom is -0.507 e. The summed E-state index contributed by atoms with van der Waals surface area (Å²) in [6, 6.07) is 3.56. The maximum Gasteiger partial charge on any atom is 0.416 e. The third kappa shape index (κ3) is 5.11. The minimum absolute atomic E-state index is 0.160. The first-order valence-electron chi connectivity index (χ1n) is 9.22. The van der Waals surface area contributed by atoms with Crippen LogP contribution < -0.4 is 5.73 Å². The van der Waals surface area contributed by atoms with Crippen LogP contribution in [0, 0.1) is 5.92 Å². The molecule has 3 N–H and O–H groups in total. The van der Waals surface area contributed by atoms with Gasteiger partial charge in [-0.2, -0.15) is 13.2 Å². The van der Waals surface area contributed by atoms with Gasteiger partial charge in [-0.1, -0.05) is 33.6 Å². The van der Waals surface area contributed by atoms with E-state index >= 15 is 0 Å². The third-order valence-electron chi connectivity index (χ3n) is 4.72. The SMILES string of the molecule is CCCCc1cc(N)nnc1-c1c(O)cc(C(F)(F)F)cc1CC(C)CC. The van der Waals surface area contributed by atoms with Crippen molar-refractivity contribution in [2.24, 2.45) is 5.92 Å². The molecule has 27 heavy (non-hydrogen) atoms. The molecular weight excluding hydrogens is 355 g/mol. The highest BCUT2D eigenvalue weighted by Gasteiger charge is 2.33. The number of aromatic nitrogens is 2. The van der Waals surface area contributed by atoms with Crippen LogP contribution in [0.2, 0.25) is 0 Å². The van der Waals surface area contributed by atoms with Gasteiger partial charge in [0, 0.05) is 5.56 Å². The largest absolute Gasteiger partial charge is 0.507 e. The van der Waals surface area contributed by atoms with Crippen molar-refractivity contribution in [1.29, 1.82) is 0 Å². The number of benzene rings is 1. The van der Waals surface area contributed by atoms with Gasteiger partial charge in [-0.3, -0.25) is 0 Å². The Hall–Kier alpha value is -2.31. The molecule has 148 valence electrons. The quantitative estimate of drug-likeness (QED) is 0.675. The summed E-state index contributed by atoms with van der Waals surface area (Å²) in [6.45, 7) is 5.99. The number of rotatable bonds is 7. The smallest absolute Gasteiger partial charge is 0.416 e. The number of unbranched alkanes of at least 4 members (excludes halogenated alkanes) is 1. The van der Waals surface area contributed by atoms with E-state index in [1.165, 1.54) is 0 Å². The summed E-state index contributed by atoms with van der Waals surface area (Å²) in [5, 5.41) is 18.5. The van der Waals surface area contributed by atoms with Crippen LogP contribution in [0.15, 0.2) is 18.2 Å². The standard InChI is InChI=1S/C20H26F3N3O/c1-4-6-7-13-10-17(24)25-26-19(13)18-14(8-12(3)5-2)9-15(11-16(18)27)20(21,22)23/h9-12,27H,4-8H2,1-3H3,(H2,24,25). The average Bonchev–Trinajstić information content (AvgIpc) is 2.59. The zero-order chi connectivity index (χ0) is 20.2. The van der Waals surface area contributed by atoms with E-state index in [0.29, 0.717) is 29.7 Å². The molecule has 0 aliphatic rings. The fourth-order valence-corrected chi connectivity index (χ4v) is 3.02. The van der Waals surface area contributed by atoms with Crippen LogP contribution in [0.4, 0.5) is 19.0 Å². The summed E-state index contributed by atoms with van der Waals surface area (Å²) in [6.07, 6.45) is -0.831. The lowest BCUT2D eigenvalue weighted by molar-refractivity contribution is -0.137. The molecule has 1 aromatic carbocycles. The van der Waals surface area contributed by atoms with Gasteiger partial charge < -0.3 is 10.8 Å². The number of phenols is 1. The molecular formula is C20H26F3N3O. The third-order valence-corrected chi connectivity index (χ3v) is 4.72. The van der Waals surface area contributed by atoms with Crippen molar-refractivity contribution in [1.82, 2.24) is 10.2 Å². The summed E-state index contributed by atoms with van der Waals surface area (Å²) in [5.41, 5.74) is 6.82. The van der Waals surface area contributed by atoms with Crippen LogP contribution >= 0.6 is 0 Å². The highest BCUT2D eigenvalue weighted by molar-refractivity contribution is 5.74. The molecule has 0 fully saturated rings. The number of nitrogens with two attached hydrogens (primary N) is 1. The van der Waals surface area contributed by atoms with Gasteiger partial charge in [0.15, 0.2) is 0 Å². The Morgan fingerprint density at radius 1 is 1.11 bits per heavy atom. The number of aromatic hydroxyl groups is 1. The van der Waals surface area contributed by atoms with Crippen LogP contribution in [0.5, 0.6) is 5.75 Å². The summed E-state index contributed by atoms with van der Waals surface area (Å²) >= 11 is 0. The first kappa shape index (κ1) is 21.0. The lowest BCUT2D eigenvalue weighted by Crippen LogP contribution is -2.10. The van der Waals surface area contributed by atoms with Gasteiger partial charge in [-0.15, -0.1) is 10.2 Å². The van der Waals surface area contributed by atoms with Crippen molar-refractivity contribution in [2.45, 2.75) is 59.1 Å². The summed E-state index contributed by atoms with van der Waals surface area (Å²) < 4.78 is 39.7. The van der Waals surface area contributed by atoms with E-state index in [-0.39, 0.29) is 11.7 Å². The van der Waals surface area contributed by atoms with Gasteiger partial charge in [-0.25, -0.2) is 0 Å². The van der Waals surface area contributed by atoms with E-state index in [9.17, 15) is 18.3 Å². The number of nitrogen functional groups attached to an aromatic ring is 1. The normalized spacial score (nSPS) is 13.0. The lowest BCUT2D eigenvalue weighted by Gasteiger charge is -2.19. The van der Waals surface area contributed by atoms with Gasteiger partial charge in [0.2, 0.25) is 0 Å². The minimum atomic E-state index is -4.53. The van der Waals surface area contributed by atoms with Crippen molar-refractivity contribution < 1.29 is 18.3 Å². The van der Waals surface area contributed by atoms with E-state index in [1.54, 1.807) is 6.07 Å². The number of phenolic OH excluding ortho intramolecular Hbond substituents is 1. The molecule has 1 unspecified atom stereocenters. The molecule has 1 atom stereocenters. The fourth-order valence-electron chi connectivity index (χ4n) is 3.02. The second-order valence-electron chi connectivity index (χ2n) is 6.99. The van der Waals surface area contributed by atoms with Crippen LogP contribution in [0.25, 0.3) is 11.3 Å². The zero-order valence-corrected chi connectivity index (χ0v) is 15.9. The van der Waals surface area contributed by atoms with E-state index in [1.807, 2.05) is 20.8 Å². The van der Waals surface area contributed by atoms with E-state index in [4.69, 9.17) is 5.73 Å².